The zero-order valence-electron chi connectivity index (χ0n) is 14.0. The average Bonchev–Trinajstić information content (AvgIpc) is 3.26. The van der Waals surface area contributed by atoms with Crippen molar-refractivity contribution < 1.29 is 9.18 Å². The Morgan fingerprint density at radius 1 is 1.31 bits per heavy atom. The Labute approximate surface area is 154 Å². The fraction of sp³-hybridized carbons (Fsp3) is 0.150. The summed E-state index contributed by atoms with van der Waals surface area (Å²) < 4.78 is 14.2. The van der Waals surface area contributed by atoms with Gasteiger partial charge in [0.15, 0.2) is 0 Å². The van der Waals surface area contributed by atoms with Crippen molar-refractivity contribution in [3.63, 3.8) is 0 Å². The molecule has 0 spiro atoms. The largest absolute Gasteiger partial charge is 0.308 e. The third kappa shape index (κ3) is 2.76. The Balaban J connectivity index is 1.66. The third-order valence-corrected chi connectivity index (χ3v) is 5.24. The Morgan fingerprint density at radius 2 is 2.15 bits per heavy atom. The normalized spacial score (nSPS) is 12.7. The first-order valence-corrected chi connectivity index (χ1v) is 9.02. The highest BCUT2D eigenvalue weighted by molar-refractivity contribution is 7.09. The quantitative estimate of drug-likeness (QED) is 0.681. The minimum atomic E-state index is -0.669. The van der Waals surface area contributed by atoms with Gasteiger partial charge in [0.05, 0.1) is 27.9 Å². The lowest BCUT2D eigenvalue weighted by atomic mass is 10.1. The number of nitriles is 1. The molecule has 0 N–H and O–H groups in total. The van der Waals surface area contributed by atoms with Gasteiger partial charge in [0, 0.05) is 23.2 Å². The number of carbonyl (C=O) groups excluding carboxylic acids is 1. The SMILES string of the molecule is Cc1nc(-c2ccc3c(c2)CCN3C(=O)c2ccc(C#N)cc2F)cs1. The molecule has 6 heteroatoms. The summed E-state index contributed by atoms with van der Waals surface area (Å²) >= 11 is 1.60. The second kappa shape index (κ2) is 6.36. The number of halogens is 1. The molecule has 1 aliphatic rings. The van der Waals surface area contributed by atoms with Crippen molar-refractivity contribution in [2.45, 2.75) is 13.3 Å². The van der Waals surface area contributed by atoms with Crippen LogP contribution in [0.2, 0.25) is 0 Å². The number of rotatable bonds is 2. The first-order valence-electron chi connectivity index (χ1n) is 8.14. The number of carbonyl (C=O) groups is 1. The van der Waals surface area contributed by atoms with Crippen molar-refractivity contribution >= 4 is 22.9 Å². The van der Waals surface area contributed by atoms with Crippen molar-refractivity contribution in [3.8, 4) is 17.3 Å². The lowest BCUT2D eigenvalue weighted by molar-refractivity contribution is 0.0985. The second-order valence-corrected chi connectivity index (χ2v) is 7.17. The van der Waals surface area contributed by atoms with Crippen molar-refractivity contribution in [1.29, 1.82) is 5.26 Å². The minimum absolute atomic E-state index is 0.0175. The molecule has 3 aromatic rings. The van der Waals surface area contributed by atoms with E-state index in [-0.39, 0.29) is 17.0 Å². The average molecular weight is 363 g/mol. The maximum Gasteiger partial charge on any atom is 0.261 e. The standard InChI is InChI=1S/C20H14FN3OS/c1-12-23-18(11-26-12)14-3-5-19-15(9-14)6-7-24(19)20(25)16-4-2-13(10-22)8-17(16)21/h2-5,8-9,11H,6-7H2,1H3. The van der Waals surface area contributed by atoms with Gasteiger partial charge in [-0.25, -0.2) is 9.37 Å². The first kappa shape index (κ1) is 16.4. The van der Waals surface area contributed by atoms with E-state index in [1.807, 2.05) is 36.6 Å². The molecule has 26 heavy (non-hydrogen) atoms. The van der Waals surface area contributed by atoms with Gasteiger partial charge < -0.3 is 4.90 Å². The predicted octanol–water partition coefficient (Wildman–Crippen LogP) is 4.33. The monoisotopic (exact) mass is 363 g/mol. The van der Waals surface area contributed by atoms with Crippen LogP contribution in [0.25, 0.3) is 11.3 Å². The van der Waals surface area contributed by atoms with Gasteiger partial charge in [0.1, 0.15) is 5.82 Å². The smallest absolute Gasteiger partial charge is 0.261 e. The lowest BCUT2D eigenvalue weighted by Crippen LogP contribution is -2.29. The fourth-order valence-corrected chi connectivity index (χ4v) is 3.79. The minimum Gasteiger partial charge on any atom is -0.308 e. The summed E-state index contributed by atoms with van der Waals surface area (Å²) in [6, 6.07) is 11.7. The Morgan fingerprint density at radius 3 is 2.85 bits per heavy atom. The molecule has 0 radical (unpaired) electrons. The fourth-order valence-electron chi connectivity index (χ4n) is 3.17. The Hall–Kier alpha value is -3.04. The number of fused-ring (bicyclic) bond motifs is 1. The molecule has 2 aromatic carbocycles. The van der Waals surface area contributed by atoms with E-state index in [0.717, 1.165) is 40.0 Å². The molecule has 0 saturated carbocycles. The second-order valence-electron chi connectivity index (χ2n) is 6.11. The molecule has 2 heterocycles. The van der Waals surface area contributed by atoms with E-state index in [0.29, 0.717) is 6.54 Å². The molecule has 0 bridgehead atoms. The van der Waals surface area contributed by atoms with Gasteiger partial charge in [-0.1, -0.05) is 6.07 Å². The van der Waals surface area contributed by atoms with E-state index in [1.54, 1.807) is 16.2 Å². The van der Waals surface area contributed by atoms with Gasteiger partial charge in [-0.3, -0.25) is 4.79 Å². The summed E-state index contributed by atoms with van der Waals surface area (Å²) in [7, 11) is 0. The number of aromatic nitrogens is 1. The molecular weight excluding hydrogens is 349 g/mol. The molecule has 1 aromatic heterocycles. The maximum absolute atomic E-state index is 14.2. The summed E-state index contributed by atoms with van der Waals surface area (Å²) in [5.41, 5.74) is 3.98. The zero-order valence-corrected chi connectivity index (χ0v) is 14.8. The number of benzene rings is 2. The van der Waals surface area contributed by atoms with Gasteiger partial charge in [0.25, 0.3) is 5.91 Å². The van der Waals surface area contributed by atoms with Crippen LogP contribution < -0.4 is 4.90 Å². The highest BCUT2D eigenvalue weighted by atomic mass is 32.1. The van der Waals surface area contributed by atoms with Crippen molar-refractivity contribution in [1.82, 2.24) is 4.98 Å². The zero-order chi connectivity index (χ0) is 18.3. The highest BCUT2D eigenvalue weighted by Crippen LogP contribution is 2.33. The van der Waals surface area contributed by atoms with E-state index < -0.39 is 5.82 Å². The van der Waals surface area contributed by atoms with Crippen molar-refractivity contribution in [2.75, 3.05) is 11.4 Å². The summed E-state index contributed by atoms with van der Waals surface area (Å²) in [5.74, 6) is -1.06. The van der Waals surface area contributed by atoms with Crippen LogP contribution in [-0.4, -0.2) is 17.4 Å². The van der Waals surface area contributed by atoms with Crippen LogP contribution in [0, 0.1) is 24.1 Å². The first-order chi connectivity index (χ1) is 12.6. The number of hydrogen-bond donors (Lipinski definition) is 0. The molecule has 4 rings (SSSR count). The van der Waals surface area contributed by atoms with E-state index in [9.17, 15) is 9.18 Å². The number of nitrogens with zero attached hydrogens (tertiary/aromatic N) is 3. The Bertz CT molecular complexity index is 1070. The molecule has 4 nitrogen and oxygen atoms in total. The molecular formula is C20H14FN3OS. The van der Waals surface area contributed by atoms with Gasteiger partial charge >= 0.3 is 0 Å². The molecule has 0 atom stereocenters. The van der Waals surface area contributed by atoms with Crippen LogP contribution in [0.15, 0.2) is 41.8 Å². The van der Waals surface area contributed by atoms with Gasteiger partial charge in [-0.05, 0) is 49.2 Å². The topological polar surface area (TPSA) is 57.0 Å². The van der Waals surface area contributed by atoms with Crippen molar-refractivity contribution in [3.05, 3.63) is 69.3 Å². The molecule has 1 aliphatic heterocycles. The summed E-state index contributed by atoms with van der Waals surface area (Å²) in [6.45, 7) is 2.47. The van der Waals surface area contributed by atoms with Gasteiger partial charge in [0.2, 0.25) is 0 Å². The number of aryl methyl sites for hydroxylation is 1. The lowest BCUT2D eigenvalue weighted by Gasteiger charge is -2.18. The number of anilines is 1. The summed E-state index contributed by atoms with van der Waals surface area (Å²) in [4.78, 5) is 18.9. The van der Waals surface area contributed by atoms with Crippen molar-refractivity contribution in [2.24, 2.45) is 0 Å². The van der Waals surface area contributed by atoms with Crippen LogP contribution in [0.1, 0.15) is 26.5 Å². The Kier molecular flexibility index (Phi) is 4.02. The van der Waals surface area contributed by atoms with Crippen LogP contribution in [0.5, 0.6) is 0 Å². The number of thiazole rings is 1. The molecule has 0 unspecified atom stereocenters. The van der Waals surface area contributed by atoms with E-state index in [1.165, 1.54) is 12.1 Å². The third-order valence-electron chi connectivity index (χ3n) is 4.46. The molecule has 0 saturated heterocycles. The molecule has 128 valence electrons. The number of hydrogen-bond acceptors (Lipinski definition) is 4. The number of amides is 1. The van der Waals surface area contributed by atoms with Crippen LogP contribution >= 0.6 is 11.3 Å². The van der Waals surface area contributed by atoms with Gasteiger partial charge in [-0.2, -0.15) is 5.26 Å². The van der Waals surface area contributed by atoms with Gasteiger partial charge in [-0.15, -0.1) is 11.3 Å². The maximum atomic E-state index is 14.2. The molecule has 0 fully saturated rings. The summed E-state index contributed by atoms with van der Waals surface area (Å²) in [6.07, 6.45) is 0.718. The van der Waals surface area contributed by atoms with Crippen LogP contribution in [-0.2, 0) is 6.42 Å². The van der Waals surface area contributed by atoms with Crippen LogP contribution in [0.3, 0.4) is 0 Å². The van der Waals surface area contributed by atoms with Crippen LogP contribution in [0.4, 0.5) is 10.1 Å². The molecule has 1 amide bonds. The highest BCUT2D eigenvalue weighted by Gasteiger charge is 2.27. The molecule has 0 aliphatic carbocycles. The predicted molar refractivity (Wildman–Crippen MR) is 98.8 cm³/mol. The van der Waals surface area contributed by atoms with E-state index in [4.69, 9.17) is 5.26 Å². The van der Waals surface area contributed by atoms with E-state index >= 15 is 0 Å². The van der Waals surface area contributed by atoms with E-state index in [2.05, 4.69) is 4.98 Å². The summed E-state index contributed by atoms with van der Waals surface area (Å²) in [5, 5.41) is 11.9.